The molecule has 4 N–H and O–H groups in total. The Morgan fingerprint density at radius 2 is 2.59 bits per heavy atom. The van der Waals surface area contributed by atoms with Gasteiger partial charge in [-0.15, -0.1) is 0 Å². The van der Waals surface area contributed by atoms with E-state index >= 15 is 0 Å². The molecule has 1 aromatic heterocycles. The second-order valence-corrected chi connectivity index (χ2v) is 4.41. The third kappa shape index (κ3) is 2.97. The fourth-order valence-electron chi connectivity index (χ4n) is 2.18. The highest BCUT2D eigenvalue weighted by Crippen LogP contribution is 2.10. The number of piperidine rings is 1. The SMILES string of the molecule is CCN1CCCC(NC(=O)c2cc(N)n[nH]2)C1. The molecule has 0 aromatic carbocycles. The molecule has 0 spiro atoms. The summed E-state index contributed by atoms with van der Waals surface area (Å²) in [6.07, 6.45) is 2.16. The maximum Gasteiger partial charge on any atom is 0.269 e. The third-order valence-electron chi connectivity index (χ3n) is 3.13. The number of nitrogens with one attached hydrogen (secondary N) is 2. The van der Waals surface area contributed by atoms with Gasteiger partial charge in [0, 0.05) is 18.7 Å². The van der Waals surface area contributed by atoms with Crippen molar-refractivity contribution in [2.24, 2.45) is 0 Å². The normalized spacial score (nSPS) is 21.4. The molecule has 94 valence electrons. The number of nitrogens with zero attached hydrogens (tertiary/aromatic N) is 2. The molecule has 1 atom stereocenters. The number of carbonyl (C=O) groups is 1. The number of likely N-dealkylation sites (N-methyl/N-ethyl adjacent to an activating group) is 1. The molecule has 1 aromatic rings. The van der Waals surface area contributed by atoms with Gasteiger partial charge in [-0.1, -0.05) is 6.92 Å². The molecule has 0 saturated carbocycles. The summed E-state index contributed by atoms with van der Waals surface area (Å²) in [5.41, 5.74) is 5.89. The first kappa shape index (κ1) is 11.9. The molecule has 1 saturated heterocycles. The van der Waals surface area contributed by atoms with Gasteiger partial charge in [0.2, 0.25) is 0 Å². The Kier molecular flexibility index (Phi) is 3.63. The summed E-state index contributed by atoms with van der Waals surface area (Å²) >= 11 is 0. The average molecular weight is 237 g/mol. The van der Waals surface area contributed by atoms with E-state index in [0.29, 0.717) is 11.5 Å². The lowest BCUT2D eigenvalue weighted by molar-refractivity contribution is 0.0901. The molecule has 2 heterocycles. The first-order valence-electron chi connectivity index (χ1n) is 6.03. The van der Waals surface area contributed by atoms with Gasteiger partial charge in [-0.2, -0.15) is 5.10 Å². The van der Waals surface area contributed by atoms with Crippen LogP contribution >= 0.6 is 0 Å². The van der Waals surface area contributed by atoms with Crippen LogP contribution in [0.25, 0.3) is 0 Å². The van der Waals surface area contributed by atoms with Crippen molar-refractivity contribution in [1.82, 2.24) is 20.4 Å². The highest BCUT2D eigenvalue weighted by molar-refractivity contribution is 5.93. The van der Waals surface area contributed by atoms with Gasteiger partial charge in [0.1, 0.15) is 11.5 Å². The average Bonchev–Trinajstić information content (AvgIpc) is 2.76. The molecule has 0 radical (unpaired) electrons. The van der Waals surface area contributed by atoms with E-state index in [1.165, 1.54) is 0 Å². The van der Waals surface area contributed by atoms with Crippen molar-refractivity contribution in [2.45, 2.75) is 25.8 Å². The third-order valence-corrected chi connectivity index (χ3v) is 3.13. The van der Waals surface area contributed by atoms with Crippen LogP contribution < -0.4 is 11.1 Å². The van der Waals surface area contributed by atoms with Gasteiger partial charge >= 0.3 is 0 Å². The molecule has 1 fully saturated rings. The monoisotopic (exact) mass is 237 g/mol. The molecular formula is C11H19N5O. The maximum atomic E-state index is 11.9. The highest BCUT2D eigenvalue weighted by Gasteiger charge is 2.21. The van der Waals surface area contributed by atoms with Crippen LogP contribution in [-0.4, -0.2) is 46.7 Å². The minimum Gasteiger partial charge on any atom is -0.382 e. The van der Waals surface area contributed by atoms with Crippen LogP contribution in [0.2, 0.25) is 0 Å². The Morgan fingerprint density at radius 1 is 1.76 bits per heavy atom. The van der Waals surface area contributed by atoms with Crippen molar-refractivity contribution < 1.29 is 4.79 Å². The summed E-state index contributed by atoms with van der Waals surface area (Å²) in [7, 11) is 0. The van der Waals surface area contributed by atoms with E-state index in [1.54, 1.807) is 6.07 Å². The van der Waals surface area contributed by atoms with Crippen molar-refractivity contribution in [3.63, 3.8) is 0 Å². The molecule has 1 aliphatic heterocycles. The zero-order chi connectivity index (χ0) is 12.3. The lowest BCUT2D eigenvalue weighted by Gasteiger charge is -2.32. The van der Waals surface area contributed by atoms with E-state index in [-0.39, 0.29) is 11.9 Å². The predicted molar refractivity (Wildman–Crippen MR) is 65.6 cm³/mol. The van der Waals surface area contributed by atoms with Crippen molar-refractivity contribution >= 4 is 11.7 Å². The van der Waals surface area contributed by atoms with Gasteiger partial charge in [-0.05, 0) is 25.9 Å². The van der Waals surface area contributed by atoms with Crippen LogP contribution in [0.1, 0.15) is 30.3 Å². The minimum atomic E-state index is -0.128. The van der Waals surface area contributed by atoms with Gasteiger partial charge in [-0.25, -0.2) is 0 Å². The first-order chi connectivity index (χ1) is 8.19. The van der Waals surface area contributed by atoms with E-state index < -0.39 is 0 Å². The van der Waals surface area contributed by atoms with Gasteiger partial charge in [0.25, 0.3) is 5.91 Å². The number of nitrogen functional groups attached to an aromatic ring is 1. The van der Waals surface area contributed by atoms with Crippen molar-refractivity contribution in [3.8, 4) is 0 Å². The second-order valence-electron chi connectivity index (χ2n) is 4.41. The molecule has 2 rings (SSSR count). The van der Waals surface area contributed by atoms with Gasteiger partial charge in [0.05, 0.1) is 0 Å². The highest BCUT2D eigenvalue weighted by atomic mass is 16.2. The van der Waals surface area contributed by atoms with Crippen molar-refractivity contribution in [2.75, 3.05) is 25.4 Å². The smallest absolute Gasteiger partial charge is 0.269 e. The Hall–Kier alpha value is -1.56. The molecule has 1 amide bonds. The number of likely N-dealkylation sites (tertiary alicyclic amines) is 1. The van der Waals surface area contributed by atoms with E-state index in [4.69, 9.17) is 5.73 Å². The molecule has 0 bridgehead atoms. The Morgan fingerprint density at radius 3 is 3.24 bits per heavy atom. The number of hydrogen-bond donors (Lipinski definition) is 3. The Balaban J connectivity index is 1.90. The largest absolute Gasteiger partial charge is 0.382 e. The van der Waals surface area contributed by atoms with Crippen LogP contribution in [-0.2, 0) is 0 Å². The molecule has 1 aliphatic rings. The van der Waals surface area contributed by atoms with E-state index in [9.17, 15) is 4.79 Å². The van der Waals surface area contributed by atoms with Crippen LogP contribution in [0, 0.1) is 0 Å². The predicted octanol–water partition coefficient (Wildman–Crippen LogP) is 0.206. The van der Waals surface area contributed by atoms with Gasteiger partial charge in [-0.3, -0.25) is 9.89 Å². The van der Waals surface area contributed by atoms with E-state index in [0.717, 1.165) is 32.5 Å². The van der Waals surface area contributed by atoms with Crippen LogP contribution in [0.3, 0.4) is 0 Å². The number of nitrogens with two attached hydrogens (primary N) is 1. The van der Waals surface area contributed by atoms with Crippen molar-refractivity contribution in [3.05, 3.63) is 11.8 Å². The number of rotatable bonds is 3. The number of amides is 1. The summed E-state index contributed by atoms with van der Waals surface area (Å²) in [6, 6.07) is 1.77. The number of aromatic nitrogens is 2. The second kappa shape index (κ2) is 5.18. The Labute approximate surface area is 101 Å². The Bertz CT molecular complexity index is 389. The minimum absolute atomic E-state index is 0.128. The van der Waals surface area contributed by atoms with Crippen LogP contribution in [0.15, 0.2) is 6.07 Å². The van der Waals surface area contributed by atoms with Gasteiger partial charge in [0.15, 0.2) is 0 Å². The molecule has 1 unspecified atom stereocenters. The number of carbonyl (C=O) groups excluding carboxylic acids is 1. The number of anilines is 1. The fraction of sp³-hybridized carbons (Fsp3) is 0.636. The van der Waals surface area contributed by atoms with E-state index in [1.807, 2.05) is 0 Å². The summed E-state index contributed by atoms with van der Waals surface area (Å²) in [6.45, 7) is 5.22. The topological polar surface area (TPSA) is 87.0 Å². The molecule has 0 aliphatic carbocycles. The zero-order valence-corrected chi connectivity index (χ0v) is 10.1. The summed E-state index contributed by atoms with van der Waals surface area (Å²) < 4.78 is 0. The first-order valence-corrected chi connectivity index (χ1v) is 6.03. The molecular weight excluding hydrogens is 218 g/mol. The van der Waals surface area contributed by atoms with Crippen molar-refractivity contribution in [1.29, 1.82) is 0 Å². The molecule has 6 heteroatoms. The fourth-order valence-corrected chi connectivity index (χ4v) is 2.18. The standard InChI is InChI=1S/C11H19N5O/c1-2-16-5-3-4-8(7-16)13-11(17)9-6-10(12)15-14-9/h6,8H,2-5,7H2,1H3,(H,13,17)(H3,12,14,15). The summed E-state index contributed by atoms with van der Waals surface area (Å²) in [4.78, 5) is 14.2. The maximum absolute atomic E-state index is 11.9. The lowest BCUT2D eigenvalue weighted by atomic mass is 10.1. The molecule has 17 heavy (non-hydrogen) atoms. The number of hydrogen-bond acceptors (Lipinski definition) is 4. The van der Waals surface area contributed by atoms with E-state index in [2.05, 4.69) is 27.3 Å². The lowest BCUT2D eigenvalue weighted by Crippen LogP contribution is -2.47. The van der Waals surface area contributed by atoms with Crippen LogP contribution in [0.4, 0.5) is 5.82 Å². The van der Waals surface area contributed by atoms with Gasteiger partial charge < -0.3 is 16.0 Å². The zero-order valence-electron chi connectivity index (χ0n) is 10.1. The molecule has 6 nitrogen and oxygen atoms in total. The van der Waals surface area contributed by atoms with Crippen LogP contribution in [0.5, 0.6) is 0 Å². The summed E-state index contributed by atoms with van der Waals surface area (Å²) in [5.74, 6) is 0.214. The summed E-state index contributed by atoms with van der Waals surface area (Å²) in [5, 5.41) is 9.37. The number of H-pyrrole nitrogens is 1. The number of aromatic amines is 1. The quantitative estimate of drug-likeness (QED) is 0.701.